The van der Waals surface area contributed by atoms with Gasteiger partial charge in [-0.3, -0.25) is 0 Å². The number of esters is 4. The first kappa shape index (κ1) is 24.2. The predicted molar refractivity (Wildman–Crippen MR) is 120 cm³/mol. The van der Waals surface area contributed by atoms with Gasteiger partial charge in [-0.1, -0.05) is 42.5 Å². The van der Waals surface area contributed by atoms with Gasteiger partial charge in [0.1, 0.15) is 16.8 Å². The highest BCUT2D eigenvalue weighted by molar-refractivity contribution is 6.17. The van der Waals surface area contributed by atoms with E-state index in [0.29, 0.717) is 0 Å². The summed E-state index contributed by atoms with van der Waals surface area (Å²) in [6, 6.07) is 9.18. The van der Waals surface area contributed by atoms with Crippen LogP contribution in [0.15, 0.2) is 83.3 Å². The molecule has 1 atom stereocenters. The number of carbonyl (C=O) groups is 4. The normalized spacial score (nSPS) is 19.1. The predicted octanol–water partition coefficient (Wildman–Crippen LogP) is 2.08. The lowest BCUT2D eigenvalue weighted by molar-refractivity contribution is -0.143. The summed E-state index contributed by atoms with van der Waals surface area (Å²) in [5.41, 5.74) is -2.24. The van der Waals surface area contributed by atoms with Gasteiger partial charge in [0, 0.05) is 6.20 Å². The average molecular weight is 465 g/mol. The molecule has 2 aliphatic heterocycles. The van der Waals surface area contributed by atoms with Crippen LogP contribution in [0.5, 0.6) is 0 Å². The molecule has 0 fully saturated rings. The van der Waals surface area contributed by atoms with E-state index < -0.39 is 40.6 Å². The van der Waals surface area contributed by atoms with Crippen LogP contribution in [0.3, 0.4) is 0 Å². The lowest BCUT2D eigenvalue weighted by Crippen LogP contribution is -2.53. The maximum atomic E-state index is 13.2. The Labute approximate surface area is 196 Å². The van der Waals surface area contributed by atoms with Crippen LogP contribution in [-0.2, 0) is 38.1 Å². The van der Waals surface area contributed by atoms with Gasteiger partial charge in [-0.15, -0.1) is 0 Å². The molecule has 0 bridgehead atoms. The second kappa shape index (κ2) is 10.0. The molecule has 1 aromatic carbocycles. The van der Waals surface area contributed by atoms with Crippen LogP contribution in [0.2, 0.25) is 0 Å². The molecule has 0 spiro atoms. The van der Waals surface area contributed by atoms with Gasteiger partial charge in [-0.25, -0.2) is 19.2 Å². The minimum Gasteiger partial charge on any atom is -0.466 e. The van der Waals surface area contributed by atoms with Gasteiger partial charge in [0.25, 0.3) is 0 Å². The third-order valence-electron chi connectivity index (χ3n) is 5.35. The largest absolute Gasteiger partial charge is 0.466 e. The van der Waals surface area contributed by atoms with Crippen LogP contribution in [0.4, 0.5) is 0 Å². The Balaban J connectivity index is 2.49. The summed E-state index contributed by atoms with van der Waals surface area (Å²) >= 11 is 0. The van der Waals surface area contributed by atoms with E-state index in [2.05, 4.69) is 0 Å². The van der Waals surface area contributed by atoms with E-state index >= 15 is 0 Å². The smallest absolute Gasteiger partial charge is 0.355 e. The van der Waals surface area contributed by atoms with Gasteiger partial charge in [0.2, 0.25) is 0 Å². The zero-order chi connectivity index (χ0) is 24.9. The molecule has 176 valence electrons. The van der Waals surface area contributed by atoms with Crippen molar-refractivity contribution in [1.29, 1.82) is 0 Å². The van der Waals surface area contributed by atoms with Crippen LogP contribution in [-0.4, -0.2) is 62.8 Å². The van der Waals surface area contributed by atoms with Gasteiger partial charge in [0.05, 0.1) is 39.6 Å². The fourth-order valence-corrected chi connectivity index (χ4v) is 3.85. The van der Waals surface area contributed by atoms with E-state index in [4.69, 9.17) is 18.9 Å². The molecule has 9 heteroatoms. The number of methoxy groups -OCH3 is 4. The summed E-state index contributed by atoms with van der Waals surface area (Å²) in [6.45, 7) is 0. The van der Waals surface area contributed by atoms with Crippen molar-refractivity contribution in [3.8, 4) is 0 Å². The van der Waals surface area contributed by atoms with Crippen LogP contribution >= 0.6 is 0 Å². The van der Waals surface area contributed by atoms with Crippen LogP contribution < -0.4 is 0 Å². The number of hydrogen-bond acceptors (Lipinski definition) is 9. The van der Waals surface area contributed by atoms with Crippen molar-refractivity contribution >= 4 is 30.0 Å². The van der Waals surface area contributed by atoms with E-state index in [9.17, 15) is 19.2 Å². The number of allylic oxidation sites excluding steroid dienone is 2. The minimum atomic E-state index is -1.54. The number of nitrogens with zero attached hydrogens (tertiary/aromatic N) is 1. The molecule has 34 heavy (non-hydrogen) atoms. The highest BCUT2D eigenvalue weighted by Gasteiger charge is 2.53. The molecule has 0 saturated heterocycles. The van der Waals surface area contributed by atoms with Gasteiger partial charge in [-0.2, -0.15) is 0 Å². The fourth-order valence-electron chi connectivity index (χ4n) is 3.85. The molecule has 0 aromatic heterocycles. The first-order valence-corrected chi connectivity index (χ1v) is 10.1. The Morgan fingerprint density at radius 3 is 1.94 bits per heavy atom. The monoisotopic (exact) mass is 465 g/mol. The molecule has 0 N–H and O–H groups in total. The summed E-state index contributed by atoms with van der Waals surface area (Å²) in [5, 5.41) is 0. The number of hydrogen-bond donors (Lipinski definition) is 0. The number of ether oxygens (including phenoxy) is 4. The first-order valence-electron chi connectivity index (χ1n) is 10.1. The second-order valence-electron chi connectivity index (χ2n) is 7.08. The van der Waals surface area contributed by atoms with Crippen LogP contribution in [0.25, 0.3) is 6.08 Å². The molecule has 9 nitrogen and oxygen atoms in total. The van der Waals surface area contributed by atoms with E-state index in [-0.39, 0.29) is 11.3 Å². The van der Waals surface area contributed by atoms with Crippen LogP contribution in [0, 0.1) is 0 Å². The fraction of sp³-hybridized carbons (Fsp3) is 0.200. The molecule has 0 amide bonds. The molecule has 0 aliphatic carbocycles. The van der Waals surface area contributed by atoms with Gasteiger partial charge in [0.15, 0.2) is 0 Å². The van der Waals surface area contributed by atoms with E-state index in [0.717, 1.165) is 34.0 Å². The summed E-state index contributed by atoms with van der Waals surface area (Å²) < 4.78 is 19.7. The summed E-state index contributed by atoms with van der Waals surface area (Å²) in [4.78, 5) is 53.4. The third kappa shape index (κ3) is 4.03. The SMILES string of the molecule is COC(=O)C1=C(C(=O)OC)N2C=CC=CC2(/C=C/c2ccccc2)C(C(=O)OC)=C1C(=O)OC. The Morgan fingerprint density at radius 1 is 0.765 bits per heavy atom. The van der Waals surface area contributed by atoms with E-state index in [1.165, 1.54) is 11.1 Å². The number of rotatable bonds is 6. The van der Waals surface area contributed by atoms with Crippen molar-refractivity contribution in [2.45, 2.75) is 5.54 Å². The topological polar surface area (TPSA) is 108 Å². The standard InChI is InChI=1S/C25H23NO8/c1-31-21(27)17-18(22(28)32-2)20(24(30)34-4)26-15-9-8-13-25(26,19(17)23(29)33-3)14-12-16-10-6-5-7-11-16/h5-15H,1-4H3/b14-12+. The molecule has 2 heterocycles. The summed E-state index contributed by atoms with van der Waals surface area (Å²) in [7, 11) is 4.45. The minimum absolute atomic E-state index is 0.234. The lowest BCUT2D eigenvalue weighted by Gasteiger charge is -2.45. The van der Waals surface area contributed by atoms with Crippen molar-refractivity contribution in [1.82, 2.24) is 4.90 Å². The van der Waals surface area contributed by atoms with Crippen molar-refractivity contribution in [3.63, 3.8) is 0 Å². The molecule has 1 unspecified atom stereocenters. The van der Waals surface area contributed by atoms with E-state index in [1.54, 1.807) is 30.4 Å². The molecular weight excluding hydrogens is 442 g/mol. The van der Waals surface area contributed by atoms with Gasteiger partial charge >= 0.3 is 23.9 Å². The maximum Gasteiger partial charge on any atom is 0.355 e. The molecule has 0 saturated carbocycles. The summed E-state index contributed by atoms with van der Waals surface area (Å²) in [6.07, 6.45) is 9.66. The van der Waals surface area contributed by atoms with Crippen molar-refractivity contribution in [2.75, 3.05) is 28.4 Å². The molecule has 1 aromatic rings. The first-order chi connectivity index (χ1) is 16.4. The third-order valence-corrected chi connectivity index (χ3v) is 5.35. The highest BCUT2D eigenvalue weighted by atomic mass is 16.5. The number of fused-ring (bicyclic) bond motifs is 1. The molecular formula is C25H23NO8. The zero-order valence-corrected chi connectivity index (χ0v) is 19.1. The average Bonchev–Trinajstić information content (AvgIpc) is 2.89. The second-order valence-corrected chi connectivity index (χ2v) is 7.08. The highest BCUT2D eigenvalue weighted by Crippen LogP contribution is 2.45. The lowest BCUT2D eigenvalue weighted by atomic mass is 9.76. The molecule has 3 rings (SSSR count). The number of carbonyl (C=O) groups excluding carboxylic acids is 4. The van der Waals surface area contributed by atoms with Crippen molar-refractivity contribution in [3.05, 3.63) is 88.8 Å². The molecule has 0 radical (unpaired) electrons. The quantitative estimate of drug-likeness (QED) is 0.461. The van der Waals surface area contributed by atoms with Crippen molar-refractivity contribution < 1.29 is 38.1 Å². The Hall–Kier alpha value is -4.40. The number of benzene rings is 1. The Bertz CT molecular complexity index is 1170. The Morgan fingerprint density at radius 2 is 1.35 bits per heavy atom. The molecule has 2 aliphatic rings. The van der Waals surface area contributed by atoms with Gasteiger partial charge in [-0.05, 0) is 23.8 Å². The maximum absolute atomic E-state index is 13.2. The van der Waals surface area contributed by atoms with Crippen LogP contribution in [0.1, 0.15) is 5.56 Å². The summed E-state index contributed by atoms with van der Waals surface area (Å²) in [5.74, 6) is -3.90. The van der Waals surface area contributed by atoms with Crippen molar-refractivity contribution in [2.24, 2.45) is 0 Å². The van der Waals surface area contributed by atoms with E-state index in [1.807, 2.05) is 30.3 Å². The zero-order valence-electron chi connectivity index (χ0n) is 19.1. The van der Waals surface area contributed by atoms with Gasteiger partial charge < -0.3 is 23.8 Å². The Kier molecular flexibility index (Phi) is 7.15.